The molecule has 164 valence electrons. The Morgan fingerprint density at radius 1 is 1.03 bits per heavy atom. The fourth-order valence-corrected chi connectivity index (χ4v) is 3.81. The highest BCUT2D eigenvalue weighted by molar-refractivity contribution is 7.80. The third-order valence-corrected chi connectivity index (χ3v) is 5.96. The van der Waals surface area contributed by atoms with Gasteiger partial charge in [0.05, 0.1) is 12.1 Å². The van der Waals surface area contributed by atoms with Gasteiger partial charge in [-0.2, -0.15) is 0 Å². The molecule has 0 fully saturated rings. The standard InChI is InChI=1S/C25H32N4OS/c1-6-19-9-11-21(12-10-19)26-25(31)29(14-13-28(4)5)16-20-15-22-17(2)7-8-18(3)23(22)27-24(20)30/h7-12,15H,6,13-14,16H2,1-5H3,(H,26,31)(H,27,30). The lowest BCUT2D eigenvalue weighted by Gasteiger charge is -2.27. The number of thiocarbonyl (C=S) groups is 1. The Morgan fingerprint density at radius 3 is 2.35 bits per heavy atom. The van der Waals surface area contributed by atoms with Crippen molar-refractivity contribution in [1.82, 2.24) is 14.8 Å². The summed E-state index contributed by atoms with van der Waals surface area (Å²) in [6.45, 7) is 8.23. The third kappa shape index (κ3) is 5.71. The van der Waals surface area contributed by atoms with Gasteiger partial charge in [0.15, 0.2) is 5.11 Å². The van der Waals surface area contributed by atoms with Gasteiger partial charge in [-0.25, -0.2) is 0 Å². The molecule has 0 atom stereocenters. The summed E-state index contributed by atoms with van der Waals surface area (Å²) in [6.07, 6.45) is 1.00. The molecular formula is C25H32N4OS. The summed E-state index contributed by atoms with van der Waals surface area (Å²) in [5, 5.41) is 5.04. The Kier molecular flexibility index (Phi) is 7.46. The molecule has 3 rings (SSSR count). The normalized spacial score (nSPS) is 11.2. The number of hydrogen-bond donors (Lipinski definition) is 2. The number of aromatic nitrogens is 1. The average Bonchev–Trinajstić information content (AvgIpc) is 2.74. The fourth-order valence-electron chi connectivity index (χ4n) is 3.54. The number of nitrogens with zero attached hydrogens (tertiary/aromatic N) is 2. The minimum atomic E-state index is -0.0637. The fraction of sp³-hybridized carbons (Fsp3) is 0.360. The average molecular weight is 437 g/mol. The van der Waals surface area contributed by atoms with Crippen LogP contribution >= 0.6 is 12.2 Å². The van der Waals surface area contributed by atoms with Crippen molar-refractivity contribution in [2.75, 3.05) is 32.5 Å². The van der Waals surface area contributed by atoms with Crippen molar-refractivity contribution in [3.05, 3.63) is 75.1 Å². The molecule has 6 heteroatoms. The zero-order valence-electron chi connectivity index (χ0n) is 19.1. The first-order valence-corrected chi connectivity index (χ1v) is 11.1. The van der Waals surface area contributed by atoms with Gasteiger partial charge in [-0.3, -0.25) is 4.79 Å². The number of benzene rings is 2. The van der Waals surface area contributed by atoms with Crippen LogP contribution in [0.3, 0.4) is 0 Å². The molecule has 0 amide bonds. The van der Waals surface area contributed by atoms with E-state index < -0.39 is 0 Å². The number of hydrogen-bond acceptors (Lipinski definition) is 3. The summed E-state index contributed by atoms with van der Waals surface area (Å²) < 4.78 is 0. The van der Waals surface area contributed by atoms with E-state index in [1.807, 2.05) is 45.3 Å². The van der Waals surface area contributed by atoms with Gasteiger partial charge in [0, 0.05) is 29.7 Å². The molecule has 31 heavy (non-hydrogen) atoms. The Balaban J connectivity index is 1.88. The lowest BCUT2D eigenvalue weighted by atomic mass is 10.0. The first-order chi connectivity index (χ1) is 14.8. The Hall–Kier alpha value is -2.70. The number of nitrogens with one attached hydrogen (secondary N) is 2. The van der Waals surface area contributed by atoms with Gasteiger partial charge in [0.1, 0.15) is 0 Å². The van der Waals surface area contributed by atoms with Gasteiger partial charge in [0.25, 0.3) is 5.56 Å². The van der Waals surface area contributed by atoms with Gasteiger partial charge in [-0.1, -0.05) is 31.2 Å². The molecule has 0 saturated carbocycles. The van der Waals surface area contributed by atoms with E-state index in [-0.39, 0.29) is 5.56 Å². The number of aryl methyl sites for hydroxylation is 3. The number of rotatable bonds is 7. The highest BCUT2D eigenvalue weighted by Crippen LogP contribution is 2.20. The minimum absolute atomic E-state index is 0.0637. The van der Waals surface area contributed by atoms with Gasteiger partial charge in [-0.15, -0.1) is 0 Å². The quantitative estimate of drug-likeness (QED) is 0.535. The van der Waals surface area contributed by atoms with Crippen LogP contribution < -0.4 is 10.9 Å². The molecular weight excluding hydrogens is 404 g/mol. The molecule has 3 aromatic rings. The number of H-pyrrole nitrogens is 1. The van der Waals surface area contributed by atoms with E-state index in [4.69, 9.17) is 12.2 Å². The number of likely N-dealkylation sites (N-methyl/N-ethyl adjacent to an activating group) is 1. The van der Waals surface area contributed by atoms with Crippen LogP contribution in [0.4, 0.5) is 5.69 Å². The molecule has 1 aromatic heterocycles. The maximum absolute atomic E-state index is 12.9. The predicted molar refractivity (Wildman–Crippen MR) is 135 cm³/mol. The molecule has 0 aliphatic carbocycles. The second-order valence-electron chi connectivity index (χ2n) is 8.32. The van der Waals surface area contributed by atoms with Crippen molar-refractivity contribution in [1.29, 1.82) is 0 Å². The van der Waals surface area contributed by atoms with E-state index in [0.29, 0.717) is 17.2 Å². The second-order valence-corrected chi connectivity index (χ2v) is 8.70. The molecule has 0 saturated heterocycles. The highest BCUT2D eigenvalue weighted by atomic mass is 32.1. The van der Waals surface area contributed by atoms with Crippen LogP contribution in [0, 0.1) is 13.8 Å². The topological polar surface area (TPSA) is 51.4 Å². The van der Waals surface area contributed by atoms with Crippen molar-refractivity contribution < 1.29 is 0 Å². The van der Waals surface area contributed by atoms with Crippen LogP contribution in [0.15, 0.2) is 47.3 Å². The Labute approximate surface area is 190 Å². The smallest absolute Gasteiger partial charge is 0.253 e. The van der Waals surface area contributed by atoms with E-state index in [9.17, 15) is 4.79 Å². The second kappa shape index (κ2) is 10.1. The van der Waals surface area contributed by atoms with E-state index >= 15 is 0 Å². The lowest BCUT2D eigenvalue weighted by molar-refractivity contribution is 0.327. The van der Waals surface area contributed by atoms with E-state index in [0.717, 1.165) is 47.2 Å². The van der Waals surface area contributed by atoms with E-state index in [1.54, 1.807) is 0 Å². The SMILES string of the molecule is CCc1ccc(NC(=S)N(CCN(C)C)Cc2cc3c(C)ccc(C)c3[nH]c2=O)cc1. The van der Waals surface area contributed by atoms with Crippen LogP contribution in [0.1, 0.15) is 29.2 Å². The van der Waals surface area contributed by atoms with Gasteiger partial charge in [-0.05, 0) is 81.5 Å². The molecule has 2 aromatic carbocycles. The summed E-state index contributed by atoms with van der Waals surface area (Å²) in [7, 11) is 4.07. The molecule has 0 unspecified atom stereocenters. The van der Waals surface area contributed by atoms with Crippen molar-refractivity contribution in [3.63, 3.8) is 0 Å². The number of aromatic amines is 1. The molecule has 0 bridgehead atoms. The zero-order chi connectivity index (χ0) is 22.5. The van der Waals surface area contributed by atoms with E-state index in [1.165, 1.54) is 5.56 Å². The van der Waals surface area contributed by atoms with Crippen LogP contribution in [0.25, 0.3) is 10.9 Å². The minimum Gasteiger partial charge on any atom is -0.343 e. The summed E-state index contributed by atoms with van der Waals surface area (Å²) >= 11 is 5.74. The Morgan fingerprint density at radius 2 is 1.71 bits per heavy atom. The maximum atomic E-state index is 12.9. The first kappa shape index (κ1) is 23.0. The molecule has 0 radical (unpaired) electrons. The van der Waals surface area contributed by atoms with Crippen LogP contribution in [0.5, 0.6) is 0 Å². The molecule has 0 aliphatic heterocycles. The van der Waals surface area contributed by atoms with Crippen LogP contribution in [-0.4, -0.2) is 47.1 Å². The van der Waals surface area contributed by atoms with Gasteiger partial charge in [0.2, 0.25) is 0 Å². The highest BCUT2D eigenvalue weighted by Gasteiger charge is 2.15. The molecule has 1 heterocycles. The summed E-state index contributed by atoms with van der Waals surface area (Å²) in [6, 6.07) is 14.4. The molecule has 5 nitrogen and oxygen atoms in total. The molecule has 0 spiro atoms. The zero-order valence-corrected chi connectivity index (χ0v) is 19.9. The largest absolute Gasteiger partial charge is 0.343 e. The third-order valence-electron chi connectivity index (χ3n) is 5.60. The first-order valence-electron chi connectivity index (χ1n) is 10.7. The molecule has 0 aliphatic rings. The number of anilines is 1. The van der Waals surface area contributed by atoms with Crippen molar-refractivity contribution >= 4 is 33.9 Å². The van der Waals surface area contributed by atoms with Crippen LogP contribution in [-0.2, 0) is 13.0 Å². The summed E-state index contributed by atoms with van der Waals surface area (Å²) in [5.74, 6) is 0. The van der Waals surface area contributed by atoms with E-state index in [2.05, 4.69) is 52.1 Å². The maximum Gasteiger partial charge on any atom is 0.253 e. The molecule has 2 N–H and O–H groups in total. The predicted octanol–water partition coefficient (Wildman–Crippen LogP) is 4.47. The number of pyridine rings is 1. The van der Waals surface area contributed by atoms with Gasteiger partial charge >= 0.3 is 0 Å². The summed E-state index contributed by atoms with van der Waals surface area (Å²) in [5.41, 5.74) is 6.02. The summed E-state index contributed by atoms with van der Waals surface area (Å²) in [4.78, 5) is 20.1. The van der Waals surface area contributed by atoms with Crippen molar-refractivity contribution in [2.45, 2.75) is 33.7 Å². The van der Waals surface area contributed by atoms with Crippen molar-refractivity contribution in [2.24, 2.45) is 0 Å². The van der Waals surface area contributed by atoms with Crippen molar-refractivity contribution in [3.8, 4) is 0 Å². The van der Waals surface area contributed by atoms with Crippen LogP contribution in [0.2, 0.25) is 0 Å². The monoisotopic (exact) mass is 436 g/mol. The Bertz CT molecular complexity index is 1120. The number of fused-ring (bicyclic) bond motifs is 1. The van der Waals surface area contributed by atoms with Gasteiger partial charge < -0.3 is 20.1 Å². The lowest BCUT2D eigenvalue weighted by Crippen LogP contribution is -2.40.